The second-order valence-electron chi connectivity index (χ2n) is 6.19. The number of benzene rings is 1. The lowest BCUT2D eigenvalue weighted by Crippen LogP contribution is -2.46. The third-order valence-electron chi connectivity index (χ3n) is 4.40. The molecule has 0 aliphatic heterocycles. The van der Waals surface area contributed by atoms with Crippen molar-refractivity contribution >= 4 is 5.91 Å². The Hall–Kier alpha value is -2.77. The number of nitrogens with one attached hydrogen (secondary N) is 1. The molecule has 132 valence electrons. The second kappa shape index (κ2) is 7.00. The molecule has 0 spiro atoms. The highest BCUT2D eigenvalue weighted by Crippen LogP contribution is 2.17. The van der Waals surface area contributed by atoms with Gasteiger partial charge in [0.05, 0.1) is 5.69 Å². The topological polar surface area (TPSA) is 86.0 Å². The molecule has 1 aromatic heterocycles. The summed E-state index contributed by atoms with van der Waals surface area (Å²) in [6.07, 6.45) is 4.94. The minimum absolute atomic E-state index is 0.0129. The quantitative estimate of drug-likeness (QED) is 0.903. The van der Waals surface area contributed by atoms with Crippen molar-refractivity contribution in [3.63, 3.8) is 0 Å². The molecule has 1 saturated carbocycles. The highest BCUT2D eigenvalue weighted by molar-refractivity contribution is 5.92. The van der Waals surface area contributed by atoms with Crippen LogP contribution in [-0.4, -0.2) is 26.3 Å². The van der Waals surface area contributed by atoms with E-state index in [9.17, 15) is 18.8 Å². The molecule has 1 aliphatic rings. The number of rotatable bonds is 3. The molecule has 0 bridgehead atoms. The predicted octanol–water partition coefficient (Wildman–Crippen LogP) is 1.13. The monoisotopic (exact) mass is 346 g/mol. The molecule has 3 rings (SSSR count). The highest BCUT2D eigenvalue weighted by Gasteiger charge is 2.22. The van der Waals surface area contributed by atoms with Crippen LogP contribution >= 0.6 is 0 Å². The molecule has 1 heterocycles. The first-order valence-electron chi connectivity index (χ1n) is 8.24. The van der Waals surface area contributed by atoms with Crippen molar-refractivity contribution in [1.29, 1.82) is 0 Å². The maximum atomic E-state index is 13.1. The van der Waals surface area contributed by atoms with Crippen LogP contribution in [0.1, 0.15) is 42.6 Å². The van der Waals surface area contributed by atoms with Gasteiger partial charge in [0.25, 0.3) is 11.5 Å². The van der Waals surface area contributed by atoms with Crippen molar-refractivity contribution in [3.05, 3.63) is 56.6 Å². The molecule has 7 nitrogen and oxygen atoms in total. The first-order chi connectivity index (χ1) is 12.0. The fourth-order valence-electron chi connectivity index (χ4n) is 2.97. The van der Waals surface area contributed by atoms with Crippen LogP contribution in [0.3, 0.4) is 0 Å². The van der Waals surface area contributed by atoms with Crippen molar-refractivity contribution < 1.29 is 9.18 Å². The molecule has 1 aromatic carbocycles. The second-order valence-corrected chi connectivity index (χ2v) is 6.19. The number of halogens is 1. The smallest absolute Gasteiger partial charge is 0.348 e. The lowest BCUT2D eigenvalue weighted by Gasteiger charge is -2.22. The van der Waals surface area contributed by atoms with E-state index in [1.54, 1.807) is 0 Å². The van der Waals surface area contributed by atoms with Gasteiger partial charge in [0, 0.05) is 13.1 Å². The van der Waals surface area contributed by atoms with E-state index in [0.717, 1.165) is 41.4 Å². The first kappa shape index (κ1) is 17.1. The molecule has 1 fully saturated rings. The average Bonchev–Trinajstić information content (AvgIpc) is 2.62. The van der Waals surface area contributed by atoms with Crippen molar-refractivity contribution in [2.45, 2.75) is 38.1 Å². The lowest BCUT2D eigenvalue weighted by atomic mass is 9.95. The van der Waals surface area contributed by atoms with Gasteiger partial charge in [0.15, 0.2) is 0 Å². The summed E-state index contributed by atoms with van der Waals surface area (Å²) in [5, 5.41) is 6.75. The molecular formula is C17H19FN4O3. The van der Waals surface area contributed by atoms with Crippen LogP contribution in [-0.2, 0) is 7.05 Å². The molecular weight excluding hydrogens is 327 g/mol. The maximum absolute atomic E-state index is 13.1. The largest absolute Gasteiger partial charge is 0.351 e. The maximum Gasteiger partial charge on any atom is 0.351 e. The summed E-state index contributed by atoms with van der Waals surface area (Å²) in [4.78, 5) is 37.0. The van der Waals surface area contributed by atoms with Gasteiger partial charge in [-0.3, -0.25) is 14.2 Å². The van der Waals surface area contributed by atoms with Gasteiger partial charge in [-0.2, -0.15) is 9.78 Å². The van der Waals surface area contributed by atoms with Gasteiger partial charge in [-0.15, -0.1) is 0 Å². The van der Waals surface area contributed by atoms with E-state index < -0.39 is 23.0 Å². The number of amides is 1. The van der Waals surface area contributed by atoms with E-state index in [1.165, 1.54) is 31.3 Å². The SMILES string of the molecule is Cn1c(=O)c(C(=O)NC2CCCCC2)nn(-c2ccc(F)cc2)c1=O. The molecule has 1 N–H and O–H groups in total. The van der Waals surface area contributed by atoms with Crippen LogP contribution < -0.4 is 16.6 Å². The Kier molecular flexibility index (Phi) is 4.78. The molecule has 25 heavy (non-hydrogen) atoms. The minimum atomic E-state index is -0.753. The van der Waals surface area contributed by atoms with E-state index in [4.69, 9.17) is 0 Å². The van der Waals surface area contributed by atoms with E-state index in [0.29, 0.717) is 0 Å². The molecule has 1 aliphatic carbocycles. The Morgan fingerprint density at radius 2 is 1.80 bits per heavy atom. The normalized spacial score (nSPS) is 15.1. The van der Waals surface area contributed by atoms with E-state index >= 15 is 0 Å². The molecule has 0 unspecified atom stereocenters. The zero-order chi connectivity index (χ0) is 18.0. The van der Waals surface area contributed by atoms with E-state index in [2.05, 4.69) is 10.4 Å². The number of nitrogens with zero attached hydrogens (tertiary/aromatic N) is 3. The fraction of sp³-hybridized carbons (Fsp3) is 0.412. The third kappa shape index (κ3) is 3.52. The summed E-state index contributed by atoms with van der Waals surface area (Å²) in [5.74, 6) is -1.06. The van der Waals surface area contributed by atoms with Crippen molar-refractivity contribution in [1.82, 2.24) is 19.7 Å². The molecule has 0 atom stereocenters. The lowest BCUT2D eigenvalue weighted by molar-refractivity contribution is 0.0918. The van der Waals surface area contributed by atoms with Crippen molar-refractivity contribution in [2.24, 2.45) is 7.05 Å². The Labute approximate surface area is 143 Å². The molecule has 0 radical (unpaired) electrons. The number of hydrogen-bond acceptors (Lipinski definition) is 4. The van der Waals surface area contributed by atoms with Crippen LogP contribution in [0.4, 0.5) is 4.39 Å². The number of carbonyl (C=O) groups is 1. The van der Waals surface area contributed by atoms with Gasteiger partial charge in [0.2, 0.25) is 5.69 Å². The summed E-state index contributed by atoms with van der Waals surface area (Å²) in [7, 11) is 1.28. The Bertz CT molecular complexity index is 896. The van der Waals surface area contributed by atoms with Gasteiger partial charge in [-0.1, -0.05) is 19.3 Å². The first-order valence-corrected chi connectivity index (χ1v) is 8.24. The van der Waals surface area contributed by atoms with E-state index in [-0.39, 0.29) is 17.4 Å². The molecule has 2 aromatic rings. The van der Waals surface area contributed by atoms with Crippen LogP contribution in [0, 0.1) is 5.82 Å². The zero-order valence-electron chi connectivity index (χ0n) is 13.9. The van der Waals surface area contributed by atoms with Gasteiger partial charge < -0.3 is 5.32 Å². The van der Waals surface area contributed by atoms with Crippen LogP contribution in [0.25, 0.3) is 5.69 Å². The standard InChI is InChI=1S/C17H19FN4O3/c1-21-16(24)14(15(23)19-12-5-3-2-4-6-12)20-22(17(21)25)13-9-7-11(18)8-10-13/h7-10,12H,2-6H2,1H3,(H,19,23). The minimum Gasteiger partial charge on any atom is -0.348 e. The van der Waals surface area contributed by atoms with Gasteiger partial charge in [-0.05, 0) is 37.1 Å². The Balaban J connectivity index is 1.99. The van der Waals surface area contributed by atoms with Crippen molar-refractivity contribution in [3.8, 4) is 5.69 Å². The van der Waals surface area contributed by atoms with Crippen LogP contribution in [0.15, 0.2) is 33.9 Å². The van der Waals surface area contributed by atoms with E-state index in [1.807, 2.05) is 0 Å². The predicted molar refractivity (Wildman–Crippen MR) is 89.4 cm³/mol. The van der Waals surface area contributed by atoms with Crippen molar-refractivity contribution in [2.75, 3.05) is 0 Å². The molecule has 1 amide bonds. The summed E-state index contributed by atoms with van der Waals surface area (Å²) >= 11 is 0. The van der Waals surface area contributed by atoms with Crippen LogP contribution in [0.5, 0.6) is 0 Å². The molecule has 0 saturated heterocycles. The zero-order valence-corrected chi connectivity index (χ0v) is 13.9. The highest BCUT2D eigenvalue weighted by atomic mass is 19.1. The summed E-state index contributed by atoms with van der Waals surface area (Å²) < 4.78 is 14.8. The van der Waals surface area contributed by atoms with Gasteiger partial charge in [-0.25, -0.2) is 9.18 Å². The summed E-state index contributed by atoms with van der Waals surface area (Å²) in [5.41, 5.74) is -1.53. The third-order valence-corrected chi connectivity index (χ3v) is 4.40. The summed E-state index contributed by atoms with van der Waals surface area (Å²) in [6.45, 7) is 0. The van der Waals surface area contributed by atoms with Crippen LogP contribution in [0.2, 0.25) is 0 Å². The van der Waals surface area contributed by atoms with Gasteiger partial charge >= 0.3 is 5.69 Å². The fourth-order valence-corrected chi connectivity index (χ4v) is 2.97. The number of aromatic nitrogens is 3. The van der Waals surface area contributed by atoms with Gasteiger partial charge in [0.1, 0.15) is 5.82 Å². The Morgan fingerprint density at radius 1 is 1.16 bits per heavy atom. The average molecular weight is 346 g/mol. The molecule has 8 heteroatoms. The number of hydrogen-bond donors (Lipinski definition) is 1. The summed E-state index contributed by atoms with van der Waals surface area (Å²) in [6, 6.07) is 5.08. The number of carbonyl (C=O) groups excluding carboxylic acids is 1. The Morgan fingerprint density at radius 3 is 2.44 bits per heavy atom.